The number of hydrogen-bond acceptors (Lipinski definition) is 3. The van der Waals surface area contributed by atoms with Gasteiger partial charge in [0.05, 0.1) is 4.90 Å². The van der Waals surface area contributed by atoms with Gasteiger partial charge >= 0.3 is 0 Å². The summed E-state index contributed by atoms with van der Waals surface area (Å²) in [5.41, 5.74) is 7.18. The molecule has 0 heterocycles. The fraction of sp³-hybridized carbons (Fsp3) is 0.538. The lowest BCUT2D eigenvalue weighted by atomic mass is 10.1. The van der Waals surface area contributed by atoms with Gasteiger partial charge in [0.2, 0.25) is 10.0 Å². The Kier molecular flexibility index (Phi) is 5.31. The van der Waals surface area contributed by atoms with Crippen LogP contribution in [0.4, 0.5) is 0 Å². The predicted molar refractivity (Wildman–Crippen MR) is 73.7 cm³/mol. The Balaban J connectivity index is 2.92. The number of benzene rings is 1. The second-order valence-corrected chi connectivity index (χ2v) is 6.56. The van der Waals surface area contributed by atoms with Crippen molar-refractivity contribution in [2.24, 2.45) is 11.7 Å². The fourth-order valence-corrected chi connectivity index (χ4v) is 3.07. The van der Waals surface area contributed by atoms with Crippen molar-refractivity contribution >= 4 is 10.0 Å². The molecule has 0 spiro atoms. The van der Waals surface area contributed by atoms with Crippen LogP contribution in [0.1, 0.15) is 31.4 Å². The highest BCUT2D eigenvalue weighted by atomic mass is 32.2. The van der Waals surface area contributed by atoms with Crippen LogP contribution in [0.3, 0.4) is 0 Å². The Morgan fingerprint density at radius 1 is 1.33 bits per heavy atom. The normalized spacial score (nSPS) is 12.1. The summed E-state index contributed by atoms with van der Waals surface area (Å²) in [5.74, 6) is 0.476. The molecule has 18 heavy (non-hydrogen) atoms. The molecule has 4 nitrogen and oxygen atoms in total. The first kappa shape index (κ1) is 15.1. The van der Waals surface area contributed by atoms with Crippen LogP contribution in [-0.4, -0.2) is 15.0 Å². The van der Waals surface area contributed by atoms with E-state index in [1.165, 1.54) is 0 Å². The van der Waals surface area contributed by atoms with Gasteiger partial charge in [-0.2, -0.15) is 0 Å². The van der Waals surface area contributed by atoms with E-state index in [-0.39, 0.29) is 0 Å². The molecule has 1 aromatic rings. The molecule has 0 aliphatic heterocycles. The summed E-state index contributed by atoms with van der Waals surface area (Å²) in [4.78, 5) is 0.328. The number of nitrogens with one attached hydrogen (secondary N) is 1. The third-order valence-corrected chi connectivity index (χ3v) is 4.52. The molecule has 0 amide bonds. The van der Waals surface area contributed by atoms with Gasteiger partial charge in [0, 0.05) is 13.1 Å². The molecule has 0 aliphatic carbocycles. The third kappa shape index (κ3) is 3.80. The quantitative estimate of drug-likeness (QED) is 0.827. The zero-order valence-electron chi connectivity index (χ0n) is 11.2. The highest BCUT2D eigenvalue weighted by Gasteiger charge is 2.17. The Morgan fingerprint density at radius 3 is 2.56 bits per heavy atom. The van der Waals surface area contributed by atoms with Gasteiger partial charge in [-0.3, -0.25) is 0 Å². The van der Waals surface area contributed by atoms with Gasteiger partial charge in [-0.15, -0.1) is 0 Å². The summed E-state index contributed by atoms with van der Waals surface area (Å²) in [7, 11) is -3.42. The van der Waals surface area contributed by atoms with Crippen LogP contribution in [-0.2, 0) is 16.6 Å². The molecule has 102 valence electrons. The number of sulfonamides is 1. The van der Waals surface area contributed by atoms with E-state index in [1.54, 1.807) is 19.1 Å². The Labute approximate surface area is 110 Å². The van der Waals surface area contributed by atoms with Crippen molar-refractivity contribution in [2.75, 3.05) is 6.54 Å². The summed E-state index contributed by atoms with van der Waals surface area (Å²) >= 11 is 0. The van der Waals surface area contributed by atoms with Gasteiger partial charge in [-0.1, -0.05) is 26.0 Å². The van der Waals surface area contributed by atoms with Crippen molar-refractivity contribution in [3.63, 3.8) is 0 Å². The average Bonchev–Trinajstić information content (AvgIpc) is 2.28. The van der Waals surface area contributed by atoms with Crippen molar-refractivity contribution in [1.82, 2.24) is 4.72 Å². The first-order valence-corrected chi connectivity index (χ1v) is 7.65. The third-order valence-electron chi connectivity index (χ3n) is 2.92. The summed E-state index contributed by atoms with van der Waals surface area (Å²) in [6.45, 7) is 6.73. The topological polar surface area (TPSA) is 72.2 Å². The Hall–Kier alpha value is -0.910. The van der Waals surface area contributed by atoms with Gasteiger partial charge < -0.3 is 5.73 Å². The van der Waals surface area contributed by atoms with Crippen LogP contribution in [0.15, 0.2) is 23.1 Å². The van der Waals surface area contributed by atoms with Crippen molar-refractivity contribution in [3.05, 3.63) is 29.3 Å². The molecule has 1 rings (SSSR count). The molecule has 0 aliphatic rings. The molecule has 3 N–H and O–H groups in total. The zero-order valence-corrected chi connectivity index (χ0v) is 12.0. The van der Waals surface area contributed by atoms with Gasteiger partial charge in [0.25, 0.3) is 0 Å². The molecular weight excluding hydrogens is 248 g/mol. The first-order valence-electron chi connectivity index (χ1n) is 6.16. The number of rotatable bonds is 6. The van der Waals surface area contributed by atoms with Crippen LogP contribution in [0, 0.1) is 12.8 Å². The summed E-state index contributed by atoms with van der Waals surface area (Å²) in [6, 6.07) is 5.20. The van der Waals surface area contributed by atoms with Crippen molar-refractivity contribution in [2.45, 2.75) is 38.6 Å². The maximum atomic E-state index is 12.2. The highest BCUT2D eigenvalue weighted by Crippen LogP contribution is 2.18. The van der Waals surface area contributed by atoms with Crippen LogP contribution >= 0.6 is 0 Å². The lowest BCUT2D eigenvalue weighted by Gasteiger charge is -2.12. The van der Waals surface area contributed by atoms with Crippen LogP contribution in [0.5, 0.6) is 0 Å². The van der Waals surface area contributed by atoms with Crippen LogP contribution in [0.25, 0.3) is 0 Å². The van der Waals surface area contributed by atoms with E-state index in [1.807, 2.05) is 6.07 Å². The molecule has 5 heteroatoms. The van der Waals surface area contributed by atoms with Gasteiger partial charge in [-0.25, -0.2) is 13.1 Å². The second-order valence-electron chi connectivity index (χ2n) is 4.82. The molecule has 0 aromatic heterocycles. The monoisotopic (exact) mass is 270 g/mol. The SMILES string of the molecule is Cc1c(CN)cccc1S(=O)(=O)NCCC(C)C. The smallest absolute Gasteiger partial charge is 0.240 e. The molecule has 0 saturated heterocycles. The molecular formula is C13H22N2O2S. The van der Waals surface area contributed by atoms with E-state index < -0.39 is 10.0 Å². The van der Waals surface area contributed by atoms with Gasteiger partial charge in [-0.05, 0) is 36.5 Å². The van der Waals surface area contributed by atoms with E-state index in [0.29, 0.717) is 23.9 Å². The molecule has 0 radical (unpaired) electrons. The van der Waals surface area contributed by atoms with E-state index >= 15 is 0 Å². The summed E-state index contributed by atoms with van der Waals surface area (Å²) in [5, 5.41) is 0. The zero-order chi connectivity index (χ0) is 13.8. The van der Waals surface area contributed by atoms with Crippen LogP contribution < -0.4 is 10.5 Å². The molecule has 0 atom stereocenters. The number of nitrogens with two attached hydrogens (primary N) is 1. The standard InChI is InChI=1S/C13H22N2O2S/c1-10(2)7-8-15-18(16,17)13-6-4-5-12(9-14)11(13)3/h4-6,10,15H,7-9,14H2,1-3H3. The van der Waals surface area contributed by atoms with Crippen molar-refractivity contribution in [1.29, 1.82) is 0 Å². The van der Waals surface area contributed by atoms with Gasteiger partial charge in [0.15, 0.2) is 0 Å². The molecule has 0 saturated carbocycles. The fourth-order valence-electron chi connectivity index (χ4n) is 1.73. The van der Waals surface area contributed by atoms with E-state index in [4.69, 9.17) is 5.73 Å². The largest absolute Gasteiger partial charge is 0.326 e. The van der Waals surface area contributed by atoms with E-state index in [9.17, 15) is 8.42 Å². The molecule has 0 fully saturated rings. The lowest BCUT2D eigenvalue weighted by Crippen LogP contribution is -2.26. The summed E-state index contributed by atoms with van der Waals surface area (Å²) in [6.07, 6.45) is 0.828. The minimum Gasteiger partial charge on any atom is -0.326 e. The molecule has 1 aromatic carbocycles. The van der Waals surface area contributed by atoms with Gasteiger partial charge in [0.1, 0.15) is 0 Å². The minimum atomic E-state index is -3.42. The lowest BCUT2D eigenvalue weighted by molar-refractivity contribution is 0.551. The number of hydrogen-bond donors (Lipinski definition) is 2. The second kappa shape index (κ2) is 6.31. The van der Waals surface area contributed by atoms with E-state index in [0.717, 1.165) is 17.5 Å². The maximum absolute atomic E-state index is 12.2. The van der Waals surface area contributed by atoms with Crippen molar-refractivity contribution < 1.29 is 8.42 Å². The maximum Gasteiger partial charge on any atom is 0.240 e. The Morgan fingerprint density at radius 2 is 2.00 bits per heavy atom. The average molecular weight is 270 g/mol. The molecule has 0 unspecified atom stereocenters. The highest BCUT2D eigenvalue weighted by molar-refractivity contribution is 7.89. The molecule has 0 bridgehead atoms. The van der Waals surface area contributed by atoms with Crippen LogP contribution in [0.2, 0.25) is 0 Å². The predicted octanol–water partition coefficient (Wildman–Crippen LogP) is 1.78. The van der Waals surface area contributed by atoms with E-state index in [2.05, 4.69) is 18.6 Å². The Bertz CT molecular complexity index is 496. The first-order chi connectivity index (χ1) is 8.38. The summed E-state index contributed by atoms with van der Waals surface area (Å²) < 4.78 is 26.9. The van der Waals surface area contributed by atoms with Crippen molar-refractivity contribution in [3.8, 4) is 0 Å². The minimum absolute atomic E-state index is 0.328.